The lowest BCUT2D eigenvalue weighted by Crippen LogP contribution is -2.33. The van der Waals surface area contributed by atoms with Gasteiger partial charge in [0.05, 0.1) is 0 Å². The number of nitrogens with one attached hydrogen (secondary N) is 3. The molecule has 27 heavy (non-hydrogen) atoms. The molecule has 0 saturated carbocycles. The number of anilines is 2. The summed E-state index contributed by atoms with van der Waals surface area (Å²) in [6.45, 7) is 2.14. The number of thiocarbonyl (C=S) groups is 1. The van der Waals surface area contributed by atoms with E-state index < -0.39 is 0 Å². The van der Waals surface area contributed by atoms with Crippen LogP contribution in [0.1, 0.15) is 49.4 Å². The Balaban J connectivity index is 1.78. The number of hydrogen-bond acceptors (Lipinski definition) is 3. The predicted molar refractivity (Wildman–Crippen MR) is 114 cm³/mol. The van der Waals surface area contributed by atoms with Crippen molar-refractivity contribution < 1.29 is 9.59 Å². The third kappa shape index (κ3) is 7.58. The topological polar surface area (TPSA) is 70.2 Å². The highest BCUT2D eigenvalue weighted by atomic mass is 32.1. The van der Waals surface area contributed by atoms with E-state index in [1.54, 1.807) is 36.4 Å². The molecule has 2 amide bonds. The summed E-state index contributed by atoms with van der Waals surface area (Å²) in [5.41, 5.74) is 2.02. The number of carbonyl (C=O) groups excluding carboxylic acids is 2. The third-order valence-electron chi connectivity index (χ3n) is 3.95. The lowest BCUT2D eigenvalue weighted by molar-refractivity contribution is -0.119. The van der Waals surface area contributed by atoms with Crippen LogP contribution in [-0.2, 0) is 4.79 Å². The van der Waals surface area contributed by atoms with E-state index in [9.17, 15) is 9.59 Å². The maximum Gasteiger partial charge on any atom is 0.255 e. The van der Waals surface area contributed by atoms with Gasteiger partial charge in [0.25, 0.3) is 5.91 Å². The molecule has 3 N–H and O–H groups in total. The van der Waals surface area contributed by atoms with Crippen molar-refractivity contribution in [2.45, 2.75) is 39.0 Å². The molecule has 0 bridgehead atoms. The van der Waals surface area contributed by atoms with Gasteiger partial charge in [0.2, 0.25) is 5.91 Å². The van der Waals surface area contributed by atoms with Gasteiger partial charge in [0.1, 0.15) is 0 Å². The van der Waals surface area contributed by atoms with Crippen molar-refractivity contribution in [1.82, 2.24) is 5.32 Å². The van der Waals surface area contributed by atoms with Crippen LogP contribution in [0.15, 0.2) is 54.6 Å². The number of amides is 2. The van der Waals surface area contributed by atoms with Gasteiger partial charge in [-0.25, -0.2) is 0 Å². The first-order valence-electron chi connectivity index (χ1n) is 9.16. The van der Waals surface area contributed by atoms with Crippen molar-refractivity contribution in [3.63, 3.8) is 0 Å². The summed E-state index contributed by atoms with van der Waals surface area (Å²) in [6.07, 6.45) is 4.69. The summed E-state index contributed by atoms with van der Waals surface area (Å²) in [7, 11) is 0. The van der Waals surface area contributed by atoms with Gasteiger partial charge >= 0.3 is 0 Å². The van der Waals surface area contributed by atoms with Crippen LogP contribution in [0, 0.1) is 0 Å². The molecule has 0 aliphatic rings. The fourth-order valence-corrected chi connectivity index (χ4v) is 2.73. The summed E-state index contributed by atoms with van der Waals surface area (Å²) in [4.78, 5) is 24.0. The molecule has 0 saturated heterocycles. The molecule has 0 heterocycles. The zero-order chi connectivity index (χ0) is 19.5. The van der Waals surface area contributed by atoms with Gasteiger partial charge in [-0.05, 0) is 55.0 Å². The molecule has 2 aromatic carbocycles. The molecule has 0 fully saturated rings. The molecule has 2 aromatic rings. The molecule has 0 aliphatic carbocycles. The number of carbonyl (C=O) groups is 2. The predicted octanol–water partition coefficient (Wildman–Crippen LogP) is 4.72. The summed E-state index contributed by atoms with van der Waals surface area (Å²) < 4.78 is 0. The first kappa shape index (κ1) is 20.6. The molecular weight excluding hydrogens is 358 g/mol. The third-order valence-corrected chi connectivity index (χ3v) is 4.15. The Hall–Kier alpha value is -2.73. The van der Waals surface area contributed by atoms with Crippen LogP contribution in [0.4, 0.5) is 11.4 Å². The van der Waals surface area contributed by atoms with E-state index in [-0.39, 0.29) is 16.9 Å². The van der Waals surface area contributed by atoms with Gasteiger partial charge in [-0.3, -0.25) is 9.59 Å². The summed E-state index contributed by atoms with van der Waals surface area (Å²) in [6, 6.07) is 16.2. The van der Waals surface area contributed by atoms with Crippen LogP contribution in [-0.4, -0.2) is 16.9 Å². The van der Waals surface area contributed by atoms with Crippen LogP contribution in [0.5, 0.6) is 0 Å². The highest BCUT2D eigenvalue weighted by molar-refractivity contribution is 7.80. The molecule has 6 heteroatoms. The van der Waals surface area contributed by atoms with Gasteiger partial charge in [0.15, 0.2) is 5.11 Å². The van der Waals surface area contributed by atoms with Gasteiger partial charge in [0, 0.05) is 23.4 Å². The zero-order valence-electron chi connectivity index (χ0n) is 15.5. The van der Waals surface area contributed by atoms with Gasteiger partial charge in [-0.1, -0.05) is 44.4 Å². The van der Waals surface area contributed by atoms with E-state index in [0.717, 1.165) is 31.4 Å². The average molecular weight is 384 g/mol. The largest absolute Gasteiger partial charge is 0.332 e. The quantitative estimate of drug-likeness (QED) is 0.456. The van der Waals surface area contributed by atoms with Gasteiger partial charge in [-0.2, -0.15) is 0 Å². The monoisotopic (exact) mass is 383 g/mol. The molecule has 0 aromatic heterocycles. The van der Waals surface area contributed by atoms with Crippen LogP contribution in [0.25, 0.3) is 0 Å². The van der Waals surface area contributed by atoms with Crippen LogP contribution in [0.2, 0.25) is 0 Å². The Morgan fingerprint density at radius 1 is 0.852 bits per heavy atom. The van der Waals surface area contributed by atoms with Crippen molar-refractivity contribution in [2.24, 2.45) is 0 Å². The Kier molecular flexibility index (Phi) is 8.45. The molecule has 0 atom stereocenters. The van der Waals surface area contributed by atoms with Crippen molar-refractivity contribution in [1.29, 1.82) is 0 Å². The van der Waals surface area contributed by atoms with E-state index in [1.165, 1.54) is 0 Å². The van der Waals surface area contributed by atoms with Gasteiger partial charge < -0.3 is 16.0 Å². The molecule has 142 valence electrons. The standard InChI is InChI=1S/C21H25N3O2S/c1-2-3-4-8-11-19(25)24-21(27)23-18-14-12-17(13-15-18)22-20(26)16-9-6-5-7-10-16/h5-7,9-10,12-15H,2-4,8,11H2,1H3,(H,22,26)(H2,23,24,25,27). The number of benzene rings is 2. The zero-order valence-corrected chi connectivity index (χ0v) is 16.3. The Morgan fingerprint density at radius 3 is 2.11 bits per heavy atom. The fourth-order valence-electron chi connectivity index (χ4n) is 2.49. The fraction of sp³-hybridized carbons (Fsp3) is 0.286. The molecule has 0 radical (unpaired) electrons. The summed E-state index contributed by atoms with van der Waals surface area (Å²) in [5, 5.41) is 8.77. The maximum atomic E-state index is 12.1. The average Bonchev–Trinajstić information content (AvgIpc) is 2.67. The van der Waals surface area contributed by atoms with Crippen LogP contribution in [0.3, 0.4) is 0 Å². The van der Waals surface area contributed by atoms with Crippen molar-refractivity contribution in [3.8, 4) is 0 Å². The van der Waals surface area contributed by atoms with Crippen molar-refractivity contribution >= 4 is 40.5 Å². The second kappa shape index (κ2) is 11.1. The minimum atomic E-state index is -0.165. The first-order chi connectivity index (χ1) is 13.1. The Morgan fingerprint density at radius 2 is 1.48 bits per heavy atom. The SMILES string of the molecule is CCCCCCC(=O)NC(=S)Nc1ccc(NC(=O)c2ccccc2)cc1. The molecule has 0 aliphatic heterocycles. The lowest BCUT2D eigenvalue weighted by Gasteiger charge is -2.11. The highest BCUT2D eigenvalue weighted by Crippen LogP contribution is 2.14. The summed E-state index contributed by atoms with van der Waals surface area (Å²) in [5.74, 6) is -0.238. The van der Waals surface area contributed by atoms with E-state index in [1.807, 2.05) is 18.2 Å². The van der Waals surface area contributed by atoms with E-state index in [2.05, 4.69) is 22.9 Å². The van der Waals surface area contributed by atoms with Crippen LogP contribution >= 0.6 is 12.2 Å². The van der Waals surface area contributed by atoms with E-state index in [0.29, 0.717) is 17.7 Å². The van der Waals surface area contributed by atoms with Gasteiger partial charge in [-0.15, -0.1) is 0 Å². The number of unbranched alkanes of at least 4 members (excludes halogenated alkanes) is 3. The normalized spacial score (nSPS) is 10.1. The lowest BCUT2D eigenvalue weighted by atomic mass is 10.1. The minimum absolute atomic E-state index is 0.0738. The molecule has 5 nitrogen and oxygen atoms in total. The minimum Gasteiger partial charge on any atom is -0.332 e. The van der Waals surface area contributed by atoms with Crippen molar-refractivity contribution in [2.75, 3.05) is 10.6 Å². The maximum absolute atomic E-state index is 12.1. The first-order valence-corrected chi connectivity index (χ1v) is 9.56. The second-order valence-electron chi connectivity index (χ2n) is 6.21. The highest BCUT2D eigenvalue weighted by Gasteiger charge is 2.07. The summed E-state index contributed by atoms with van der Waals surface area (Å²) >= 11 is 5.17. The van der Waals surface area contributed by atoms with E-state index in [4.69, 9.17) is 12.2 Å². The molecular formula is C21H25N3O2S. The molecule has 0 spiro atoms. The second-order valence-corrected chi connectivity index (χ2v) is 6.62. The van der Waals surface area contributed by atoms with Crippen molar-refractivity contribution in [3.05, 3.63) is 60.2 Å². The molecule has 0 unspecified atom stereocenters. The smallest absolute Gasteiger partial charge is 0.255 e. The van der Waals surface area contributed by atoms with Crippen LogP contribution < -0.4 is 16.0 Å². The molecule has 2 rings (SSSR count). The van der Waals surface area contributed by atoms with E-state index >= 15 is 0 Å². The number of hydrogen-bond donors (Lipinski definition) is 3. The number of rotatable bonds is 8. The Bertz CT molecular complexity index is 761. The Labute approximate surface area is 165 Å².